The van der Waals surface area contributed by atoms with Crippen molar-refractivity contribution in [3.63, 3.8) is 0 Å². The molecule has 1 aromatic heterocycles. The lowest BCUT2D eigenvalue weighted by Gasteiger charge is -2.04. The molecule has 2 aromatic rings. The fourth-order valence-corrected chi connectivity index (χ4v) is 1.38. The number of benzene rings is 1. The van der Waals surface area contributed by atoms with Crippen molar-refractivity contribution in [2.75, 3.05) is 0 Å². The van der Waals surface area contributed by atoms with Crippen molar-refractivity contribution in [2.45, 2.75) is 0 Å². The van der Waals surface area contributed by atoms with Gasteiger partial charge in [-0.2, -0.15) is 0 Å². The van der Waals surface area contributed by atoms with E-state index in [9.17, 15) is 0 Å². The second-order valence-corrected chi connectivity index (χ2v) is 3.70. The Labute approximate surface area is 97.4 Å². The van der Waals surface area contributed by atoms with Crippen LogP contribution in [0.2, 0.25) is 10.2 Å². The molecule has 0 saturated carbocycles. The molecule has 4 heteroatoms. The van der Waals surface area contributed by atoms with Gasteiger partial charge in [0.2, 0.25) is 0 Å². The van der Waals surface area contributed by atoms with Crippen LogP contribution in [-0.4, -0.2) is 4.98 Å². The molecule has 0 N–H and O–H groups in total. The summed E-state index contributed by atoms with van der Waals surface area (Å²) in [6, 6.07) is 10.6. The molecule has 0 aliphatic carbocycles. The van der Waals surface area contributed by atoms with Crippen molar-refractivity contribution in [1.82, 2.24) is 4.98 Å². The van der Waals surface area contributed by atoms with E-state index < -0.39 is 0 Å². The Morgan fingerprint density at radius 1 is 1.00 bits per heavy atom. The van der Waals surface area contributed by atoms with E-state index in [1.807, 2.05) is 12.1 Å². The van der Waals surface area contributed by atoms with Crippen molar-refractivity contribution in [3.05, 3.63) is 52.8 Å². The average molecular weight is 240 g/mol. The zero-order valence-electron chi connectivity index (χ0n) is 7.65. The van der Waals surface area contributed by atoms with Crippen LogP contribution in [0.3, 0.4) is 0 Å². The predicted molar refractivity (Wildman–Crippen MR) is 60.8 cm³/mol. The molecule has 0 bridgehead atoms. The van der Waals surface area contributed by atoms with Gasteiger partial charge in [-0.15, -0.1) is 0 Å². The fourth-order valence-electron chi connectivity index (χ4n) is 1.09. The number of ether oxygens (including phenoxy) is 1. The highest BCUT2D eigenvalue weighted by Gasteiger charge is 1.98. The van der Waals surface area contributed by atoms with Crippen molar-refractivity contribution >= 4 is 23.2 Å². The van der Waals surface area contributed by atoms with Crippen LogP contribution in [0.15, 0.2) is 42.6 Å². The van der Waals surface area contributed by atoms with E-state index in [2.05, 4.69) is 4.98 Å². The third-order valence-electron chi connectivity index (χ3n) is 1.73. The zero-order chi connectivity index (χ0) is 10.7. The first-order valence-electron chi connectivity index (χ1n) is 4.29. The highest BCUT2D eigenvalue weighted by atomic mass is 35.5. The van der Waals surface area contributed by atoms with E-state index in [1.54, 1.807) is 30.5 Å². The smallest absolute Gasteiger partial charge is 0.145 e. The van der Waals surface area contributed by atoms with Crippen molar-refractivity contribution < 1.29 is 4.74 Å². The standard InChI is InChI=1S/C11H7Cl2NO/c12-8-2-1-3-9(6-8)15-10-4-5-11(13)14-7-10/h1-7H. The van der Waals surface area contributed by atoms with Crippen LogP contribution >= 0.6 is 23.2 Å². The van der Waals surface area contributed by atoms with Gasteiger partial charge in [0, 0.05) is 5.02 Å². The Kier molecular flexibility index (Phi) is 3.09. The molecule has 15 heavy (non-hydrogen) atoms. The second-order valence-electron chi connectivity index (χ2n) is 2.88. The van der Waals surface area contributed by atoms with Crippen molar-refractivity contribution in [2.24, 2.45) is 0 Å². The molecule has 1 aromatic carbocycles. The Balaban J connectivity index is 2.18. The molecule has 76 valence electrons. The third kappa shape index (κ3) is 2.85. The van der Waals surface area contributed by atoms with Gasteiger partial charge < -0.3 is 4.74 Å². The summed E-state index contributed by atoms with van der Waals surface area (Å²) >= 11 is 11.5. The number of nitrogens with zero attached hydrogens (tertiary/aromatic N) is 1. The Bertz CT molecular complexity index is 456. The Morgan fingerprint density at radius 3 is 2.53 bits per heavy atom. The molecule has 0 spiro atoms. The first-order valence-corrected chi connectivity index (χ1v) is 5.04. The molecule has 2 nitrogen and oxygen atoms in total. The predicted octanol–water partition coefficient (Wildman–Crippen LogP) is 4.18. The molecule has 1 heterocycles. The lowest BCUT2D eigenvalue weighted by atomic mass is 10.3. The average Bonchev–Trinajstić information content (AvgIpc) is 2.22. The second kappa shape index (κ2) is 4.51. The van der Waals surface area contributed by atoms with E-state index in [1.165, 1.54) is 0 Å². The van der Waals surface area contributed by atoms with Crippen molar-refractivity contribution in [3.8, 4) is 11.5 Å². The van der Waals surface area contributed by atoms with E-state index in [4.69, 9.17) is 27.9 Å². The fraction of sp³-hybridized carbons (Fsp3) is 0. The Morgan fingerprint density at radius 2 is 1.87 bits per heavy atom. The van der Waals surface area contributed by atoms with Gasteiger partial charge in [0.1, 0.15) is 16.7 Å². The van der Waals surface area contributed by atoms with Crippen LogP contribution in [0, 0.1) is 0 Å². The van der Waals surface area contributed by atoms with Gasteiger partial charge in [0.15, 0.2) is 0 Å². The van der Waals surface area contributed by atoms with Gasteiger partial charge in [-0.05, 0) is 30.3 Å². The number of rotatable bonds is 2. The molecule has 2 rings (SSSR count). The van der Waals surface area contributed by atoms with Crippen LogP contribution in [0.1, 0.15) is 0 Å². The van der Waals surface area contributed by atoms with E-state index in [-0.39, 0.29) is 0 Å². The van der Waals surface area contributed by atoms with Gasteiger partial charge in [0.25, 0.3) is 0 Å². The molecule has 0 radical (unpaired) electrons. The van der Waals surface area contributed by atoms with Gasteiger partial charge >= 0.3 is 0 Å². The van der Waals surface area contributed by atoms with Crippen LogP contribution in [-0.2, 0) is 0 Å². The monoisotopic (exact) mass is 239 g/mol. The number of halogens is 2. The molecule has 0 amide bonds. The SMILES string of the molecule is Clc1cccc(Oc2ccc(Cl)nc2)c1. The van der Waals surface area contributed by atoms with Crippen molar-refractivity contribution in [1.29, 1.82) is 0 Å². The van der Waals surface area contributed by atoms with Crippen LogP contribution < -0.4 is 4.74 Å². The molecule has 0 atom stereocenters. The zero-order valence-corrected chi connectivity index (χ0v) is 9.16. The minimum absolute atomic E-state index is 0.438. The largest absolute Gasteiger partial charge is 0.456 e. The normalized spacial score (nSPS) is 10.0. The maximum atomic E-state index is 5.82. The highest BCUT2D eigenvalue weighted by Crippen LogP contribution is 2.23. The van der Waals surface area contributed by atoms with Crippen LogP contribution in [0.5, 0.6) is 11.5 Å². The third-order valence-corrected chi connectivity index (χ3v) is 2.19. The Hall–Kier alpha value is -1.25. The molecule has 0 saturated heterocycles. The number of pyridine rings is 1. The first kappa shape index (κ1) is 10.3. The highest BCUT2D eigenvalue weighted by molar-refractivity contribution is 6.30. The van der Waals surface area contributed by atoms with Gasteiger partial charge in [-0.1, -0.05) is 29.3 Å². The van der Waals surface area contributed by atoms with E-state index in [0.29, 0.717) is 21.7 Å². The number of hydrogen-bond donors (Lipinski definition) is 0. The molecular formula is C11H7Cl2NO. The maximum absolute atomic E-state index is 5.82. The molecule has 0 unspecified atom stereocenters. The van der Waals surface area contributed by atoms with Crippen LogP contribution in [0.4, 0.5) is 0 Å². The van der Waals surface area contributed by atoms with Gasteiger partial charge in [-0.3, -0.25) is 0 Å². The molecule has 0 aliphatic heterocycles. The summed E-state index contributed by atoms with van der Waals surface area (Å²) in [5.74, 6) is 1.30. The summed E-state index contributed by atoms with van der Waals surface area (Å²) in [6.07, 6.45) is 1.56. The summed E-state index contributed by atoms with van der Waals surface area (Å²) < 4.78 is 5.51. The minimum Gasteiger partial charge on any atom is -0.456 e. The molecule has 0 fully saturated rings. The lowest BCUT2D eigenvalue weighted by Crippen LogP contribution is -1.84. The quantitative estimate of drug-likeness (QED) is 0.734. The van der Waals surface area contributed by atoms with E-state index in [0.717, 1.165) is 0 Å². The summed E-state index contributed by atoms with van der Waals surface area (Å²) in [4.78, 5) is 3.91. The maximum Gasteiger partial charge on any atom is 0.145 e. The number of aromatic nitrogens is 1. The topological polar surface area (TPSA) is 22.1 Å². The van der Waals surface area contributed by atoms with Crippen LogP contribution in [0.25, 0.3) is 0 Å². The van der Waals surface area contributed by atoms with E-state index >= 15 is 0 Å². The van der Waals surface area contributed by atoms with Gasteiger partial charge in [0.05, 0.1) is 6.20 Å². The molecule has 0 aliphatic rings. The summed E-state index contributed by atoms with van der Waals surface area (Å²) in [5, 5.41) is 1.07. The summed E-state index contributed by atoms with van der Waals surface area (Å²) in [7, 11) is 0. The molecular weight excluding hydrogens is 233 g/mol. The lowest BCUT2D eigenvalue weighted by molar-refractivity contribution is 0.480. The summed E-state index contributed by atoms with van der Waals surface area (Å²) in [5.41, 5.74) is 0. The minimum atomic E-state index is 0.438. The first-order chi connectivity index (χ1) is 7.24. The summed E-state index contributed by atoms with van der Waals surface area (Å²) in [6.45, 7) is 0. The van der Waals surface area contributed by atoms with Gasteiger partial charge in [-0.25, -0.2) is 4.98 Å². The number of hydrogen-bond acceptors (Lipinski definition) is 2.